The molecule has 0 aliphatic heterocycles. The molecule has 0 amide bonds. The Kier molecular flexibility index (Phi) is 7.47. The summed E-state index contributed by atoms with van der Waals surface area (Å²) in [5.41, 5.74) is 2.42. The summed E-state index contributed by atoms with van der Waals surface area (Å²) in [5, 5.41) is 10.7. The predicted octanol–water partition coefficient (Wildman–Crippen LogP) is 5.53. The number of aromatic amines is 1. The minimum atomic E-state index is -0.544. The zero-order valence-electron chi connectivity index (χ0n) is 23.6. The molecule has 0 spiro atoms. The molecular formula is C31H23Cl2N7O4. The lowest BCUT2D eigenvalue weighted by Gasteiger charge is -2.13. The highest BCUT2D eigenvalue weighted by atomic mass is 35.5. The number of aryl methyl sites for hydroxylation is 1. The third-order valence-corrected chi connectivity index (χ3v) is 7.71. The zero-order valence-corrected chi connectivity index (χ0v) is 25.1. The molecule has 1 N–H and O–H groups in total. The number of aromatic nitrogens is 6. The number of nitrogens with one attached hydrogen (secondary N) is 1. The highest BCUT2D eigenvalue weighted by molar-refractivity contribution is 6.35. The van der Waals surface area contributed by atoms with Gasteiger partial charge in [-0.15, -0.1) is 0 Å². The number of rotatable bonds is 7. The Morgan fingerprint density at radius 3 is 2.55 bits per heavy atom. The van der Waals surface area contributed by atoms with Crippen molar-refractivity contribution in [3.63, 3.8) is 0 Å². The average molecular weight is 628 g/mol. The maximum Gasteiger partial charge on any atom is 0.332 e. The molecule has 6 rings (SSSR count). The molecule has 0 saturated carbocycles. The smallest absolute Gasteiger partial charge is 0.332 e. The molecule has 220 valence electrons. The number of halogens is 2. The number of benzene rings is 3. The Hall–Kier alpha value is -5.31. The molecule has 0 bridgehead atoms. The normalized spacial score (nSPS) is 11.7. The molecular weight excluding hydrogens is 605 g/mol. The van der Waals surface area contributed by atoms with Gasteiger partial charge in [0, 0.05) is 24.1 Å². The number of allylic oxidation sites excluding steroid dienone is 1. The van der Waals surface area contributed by atoms with Crippen LogP contribution in [0.2, 0.25) is 10.0 Å². The number of H-pyrrole nitrogens is 1. The fourth-order valence-corrected chi connectivity index (χ4v) is 5.30. The lowest BCUT2D eigenvalue weighted by Crippen LogP contribution is -2.37. The summed E-state index contributed by atoms with van der Waals surface area (Å²) in [6.45, 7) is 0.0987. The Bertz CT molecular complexity index is 2260. The van der Waals surface area contributed by atoms with Gasteiger partial charge in [0.25, 0.3) is 5.56 Å². The van der Waals surface area contributed by atoms with E-state index in [1.54, 1.807) is 47.0 Å². The second kappa shape index (κ2) is 11.4. The van der Waals surface area contributed by atoms with Gasteiger partial charge in [0.15, 0.2) is 22.7 Å². The molecule has 0 unspecified atom stereocenters. The van der Waals surface area contributed by atoms with Gasteiger partial charge in [-0.3, -0.25) is 18.5 Å². The van der Waals surface area contributed by atoms with Crippen molar-refractivity contribution in [3.05, 3.63) is 108 Å². The van der Waals surface area contributed by atoms with Crippen LogP contribution >= 0.6 is 23.2 Å². The van der Waals surface area contributed by atoms with Gasteiger partial charge in [-0.05, 0) is 53.6 Å². The van der Waals surface area contributed by atoms with Gasteiger partial charge in [-0.2, -0.15) is 10.2 Å². The van der Waals surface area contributed by atoms with Crippen LogP contribution in [0.4, 0.5) is 0 Å². The fourth-order valence-electron chi connectivity index (χ4n) is 4.83. The summed E-state index contributed by atoms with van der Waals surface area (Å²) in [6, 6.07) is 19.9. The van der Waals surface area contributed by atoms with E-state index < -0.39 is 11.2 Å². The van der Waals surface area contributed by atoms with Crippen molar-refractivity contribution in [1.29, 1.82) is 5.26 Å². The largest absolute Gasteiger partial charge is 0.493 e. The average Bonchev–Trinajstić information content (AvgIpc) is 3.61. The van der Waals surface area contributed by atoms with Crippen LogP contribution in [0, 0.1) is 11.3 Å². The Morgan fingerprint density at radius 1 is 1.02 bits per heavy atom. The van der Waals surface area contributed by atoms with E-state index in [4.69, 9.17) is 32.7 Å². The number of nitriles is 1. The first-order valence-corrected chi connectivity index (χ1v) is 14.0. The third-order valence-electron chi connectivity index (χ3n) is 7.12. The van der Waals surface area contributed by atoms with Gasteiger partial charge >= 0.3 is 11.7 Å². The van der Waals surface area contributed by atoms with Crippen LogP contribution in [0.3, 0.4) is 0 Å². The van der Waals surface area contributed by atoms with Crippen molar-refractivity contribution >= 4 is 57.0 Å². The number of hydrogen-bond acceptors (Lipinski definition) is 7. The van der Waals surface area contributed by atoms with E-state index >= 15 is 0 Å². The molecule has 6 aromatic rings. The number of methoxy groups -OCH3 is 1. The van der Waals surface area contributed by atoms with E-state index in [9.17, 15) is 14.9 Å². The highest BCUT2D eigenvalue weighted by Crippen LogP contribution is 2.35. The zero-order chi connectivity index (χ0) is 31.1. The first kappa shape index (κ1) is 28.8. The van der Waals surface area contributed by atoms with Gasteiger partial charge in [0.2, 0.25) is 0 Å². The van der Waals surface area contributed by atoms with Crippen molar-refractivity contribution in [1.82, 2.24) is 28.7 Å². The second-order valence-electron chi connectivity index (χ2n) is 9.88. The Labute approximate surface area is 259 Å². The molecule has 3 aromatic carbocycles. The van der Waals surface area contributed by atoms with Gasteiger partial charge in [-0.25, -0.2) is 9.78 Å². The lowest BCUT2D eigenvalue weighted by molar-refractivity contribution is 0.361. The third kappa shape index (κ3) is 5.10. The van der Waals surface area contributed by atoms with E-state index in [1.807, 2.05) is 24.3 Å². The monoisotopic (exact) mass is 627 g/mol. The van der Waals surface area contributed by atoms with Crippen LogP contribution < -0.4 is 20.7 Å². The van der Waals surface area contributed by atoms with Crippen LogP contribution in [0.5, 0.6) is 17.5 Å². The molecule has 0 aliphatic rings. The topological polar surface area (TPSA) is 133 Å². The molecule has 0 fully saturated rings. The van der Waals surface area contributed by atoms with Crippen molar-refractivity contribution < 1.29 is 9.47 Å². The molecule has 3 aromatic heterocycles. The fraction of sp³-hybridized carbons (Fsp3) is 0.129. The first-order valence-electron chi connectivity index (χ1n) is 13.2. The van der Waals surface area contributed by atoms with E-state index in [1.165, 1.54) is 25.8 Å². The van der Waals surface area contributed by atoms with Gasteiger partial charge < -0.3 is 14.5 Å². The van der Waals surface area contributed by atoms with Gasteiger partial charge in [0.05, 0.1) is 30.3 Å². The SMILES string of the molecule is COc1cc(/C=C(/C#N)c2nc3ccccc3[nH]2)ccc1Oc1nc2c(c(=O)n(C)c(=O)n2C)n1Cc1ccc(Cl)cc1Cl. The number of imidazole rings is 2. The molecule has 0 aliphatic carbocycles. The van der Waals surface area contributed by atoms with Gasteiger partial charge in [-0.1, -0.05) is 47.5 Å². The molecule has 0 atom stereocenters. The minimum Gasteiger partial charge on any atom is -0.493 e. The van der Waals surface area contributed by atoms with E-state index in [0.29, 0.717) is 38.3 Å². The van der Waals surface area contributed by atoms with Crippen LogP contribution in [0.25, 0.3) is 33.8 Å². The molecule has 11 nitrogen and oxygen atoms in total. The van der Waals surface area contributed by atoms with Crippen LogP contribution in [-0.2, 0) is 20.6 Å². The molecule has 44 heavy (non-hydrogen) atoms. The van der Waals surface area contributed by atoms with E-state index in [2.05, 4.69) is 21.0 Å². The van der Waals surface area contributed by atoms with Crippen LogP contribution in [-0.4, -0.2) is 35.8 Å². The van der Waals surface area contributed by atoms with Crippen LogP contribution in [0.1, 0.15) is 17.0 Å². The molecule has 0 radical (unpaired) electrons. The second-order valence-corrected chi connectivity index (χ2v) is 10.7. The predicted molar refractivity (Wildman–Crippen MR) is 168 cm³/mol. The molecule has 3 heterocycles. The van der Waals surface area contributed by atoms with Crippen LogP contribution in [0.15, 0.2) is 70.3 Å². The Morgan fingerprint density at radius 2 is 1.82 bits per heavy atom. The summed E-state index contributed by atoms with van der Waals surface area (Å²) >= 11 is 12.6. The summed E-state index contributed by atoms with van der Waals surface area (Å²) in [4.78, 5) is 38.2. The first-order chi connectivity index (χ1) is 21.2. The minimum absolute atomic E-state index is 0.0332. The number of fused-ring (bicyclic) bond motifs is 2. The number of hydrogen-bond donors (Lipinski definition) is 1. The van der Waals surface area contributed by atoms with E-state index in [-0.39, 0.29) is 29.5 Å². The maximum absolute atomic E-state index is 13.3. The highest BCUT2D eigenvalue weighted by Gasteiger charge is 2.22. The summed E-state index contributed by atoms with van der Waals surface area (Å²) in [5.74, 6) is 1.06. The van der Waals surface area contributed by atoms with Crippen molar-refractivity contribution in [2.24, 2.45) is 14.1 Å². The summed E-state index contributed by atoms with van der Waals surface area (Å²) in [6.07, 6.45) is 1.68. The lowest BCUT2D eigenvalue weighted by atomic mass is 10.1. The number of ether oxygens (including phenoxy) is 2. The van der Waals surface area contributed by atoms with Gasteiger partial charge in [0.1, 0.15) is 11.9 Å². The van der Waals surface area contributed by atoms with E-state index in [0.717, 1.165) is 15.6 Å². The number of nitrogens with zero attached hydrogens (tertiary/aromatic N) is 6. The molecule has 0 saturated heterocycles. The quantitative estimate of drug-likeness (QED) is 0.230. The van der Waals surface area contributed by atoms with Crippen molar-refractivity contribution in [2.45, 2.75) is 6.54 Å². The molecule has 13 heteroatoms. The summed E-state index contributed by atoms with van der Waals surface area (Å²) < 4.78 is 15.7. The number of para-hydroxylation sites is 2. The Balaban J connectivity index is 1.43. The summed E-state index contributed by atoms with van der Waals surface area (Å²) in [7, 11) is 4.40. The van der Waals surface area contributed by atoms with Crippen molar-refractivity contribution in [2.75, 3.05) is 7.11 Å². The van der Waals surface area contributed by atoms with Crippen molar-refractivity contribution in [3.8, 4) is 23.6 Å². The maximum atomic E-state index is 13.3. The standard InChI is InChI=1S/C31H23Cl2N7O4/c1-38-28-26(29(41)39(2)31(38)42)40(16-18-9-10-20(32)14-21(18)33)30(37-28)44-24-11-8-17(13-25(24)43-3)12-19(15-34)27-35-22-6-4-5-7-23(22)36-27/h4-14H,16H2,1-3H3,(H,35,36)/b19-12-.